The Balaban J connectivity index is 1.50. The molecule has 3 aromatic heterocycles. The number of nitrogens with zero attached hydrogens (tertiary/aromatic N) is 6. The second-order valence-electron chi connectivity index (χ2n) is 10.9. The molecule has 5 rings (SSSR count). The number of anilines is 1. The average molecular weight is 707 g/mol. The van der Waals surface area contributed by atoms with Gasteiger partial charge in [-0.2, -0.15) is 31.4 Å². The van der Waals surface area contributed by atoms with E-state index in [-0.39, 0.29) is 50.7 Å². The average Bonchev–Trinajstić information content (AvgIpc) is 3.59. The van der Waals surface area contributed by atoms with E-state index in [9.17, 15) is 40.3 Å². The molecule has 0 radical (unpaired) electrons. The lowest BCUT2D eigenvalue weighted by Gasteiger charge is -2.27. The minimum Gasteiger partial charge on any atom is -0.349 e. The third-order valence-electron chi connectivity index (χ3n) is 7.40. The summed E-state index contributed by atoms with van der Waals surface area (Å²) >= 11 is 12.5. The smallest absolute Gasteiger partial charge is 0.349 e. The molecule has 0 bridgehead atoms. The number of aromatic nitrogens is 6. The lowest BCUT2D eigenvalue weighted by atomic mass is 10.0. The number of hydrogen-bond acceptors (Lipinski definition) is 6. The summed E-state index contributed by atoms with van der Waals surface area (Å²) in [5.41, 5.74) is -7.61. The summed E-state index contributed by atoms with van der Waals surface area (Å²) in [5, 5.41) is 16.0. The maximum absolute atomic E-state index is 14.5. The van der Waals surface area contributed by atoms with Crippen molar-refractivity contribution in [2.75, 3.05) is 5.32 Å². The normalized spacial score (nSPS) is 14.6. The largest absolute Gasteiger partial charge is 0.437 e. The van der Waals surface area contributed by atoms with Gasteiger partial charge in [-0.3, -0.25) is 9.59 Å². The van der Waals surface area contributed by atoms with Crippen LogP contribution in [-0.2, 0) is 12.2 Å². The van der Waals surface area contributed by atoms with Crippen molar-refractivity contribution in [3.05, 3.63) is 81.0 Å². The molecule has 1 saturated carbocycles. The van der Waals surface area contributed by atoms with Gasteiger partial charge in [-0.05, 0) is 68.5 Å². The Kier molecular flexibility index (Phi) is 9.00. The number of benzene rings is 1. The highest BCUT2D eigenvalue weighted by Crippen LogP contribution is 2.52. The summed E-state index contributed by atoms with van der Waals surface area (Å²) in [6.45, 7) is 2.82. The topological polar surface area (TPSA) is 120 Å². The molecule has 3 heterocycles. The van der Waals surface area contributed by atoms with E-state index >= 15 is 0 Å². The first-order valence-corrected chi connectivity index (χ1v) is 14.5. The highest BCUT2D eigenvalue weighted by atomic mass is 35.5. The summed E-state index contributed by atoms with van der Waals surface area (Å²) < 4.78 is 95.3. The summed E-state index contributed by atoms with van der Waals surface area (Å²) in [6, 6.07) is 6.82. The first-order chi connectivity index (χ1) is 21.9. The number of alkyl halides is 7. The van der Waals surface area contributed by atoms with Gasteiger partial charge in [0.05, 0.1) is 34.7 Å². The van der Waals surface area contributed by atoms with Crippen molar-refractivity contribution < 1.29 is 40.3 Å². The van der Waals surface area contributed by atoms with Crippen molar-refractivity contribution in [1.29, 1.82) is 0 Å². The molecule has 10 nitrogen and oxygen atoms in total. The number of amides is 2. The third-order valence-corrected chi connectivity index (χ3v) is 7.91. The quantitative estimate of drug-likeness (QED) is 0.190. The maximum atomic E-state index is 14.5. The van der Waals surface area contributed by atoms with Gasteiger partial charge in [-0.1, -0.05) is 28.4 Å². The fraction of sp³-hybridized carbons (Fsp3) is 0.357. The highest BCUT2D eigenvalue weighted by molar-refractivity contribution is 6.32. The number of aryl methyl sites for hydroxylation is 1. The molecule has 1 aromatic carbocycles. The first kappa shape index (κ1) is 34.1. The zero-order valence-corrected chi connectivity index (χ0v) is 25.7. The zero-order chi connectivity index (χ0) is 34.5. The van der Waals surface area contributed by atoms with Crippen molar-refractivity contribution in [1.82, 2.24) is 35.1 Å². The Morgan fingerprint density at radius 2 is 1.72 bits per heavy atom. The second-order valence-corrected chi connectivity index (χ2v) is 11.7. The highest BCUT2D eigenvalue weighted by Gasteiger charge is 2.75. The molecule has 47 heavy (non-hydrogen) atoms. The van der Waals surface area contributed by atoms with E-state index in [1.807, 2.05) is 6.92 Å². The molecule has 4 aromatic rings. The molecule has 0 saturated heterocycles. The predicted octanol–water partition coefficient (Wildman–Crippen LogP) is 6.59. The van der Waals surface area contributed by atoms with E-state index in [0.717, 1.165) is 23.6 Å². The van der Waals surface area contributed by atoms with Crippen LogP contribution in [0.3, 0.4) is 0 Å². The Morgan fingerprint density at radius 3 is 2.34 bits per heavy atom. The van der Waals surface area contributed by atoms with E-state index < -0.39 is 42.1 Å². The van der Waals surface area contributed by atoms with Crippen molar-refractivity contribution in [3.8, 4) is 5.82 Å². The molecule has 1 unspecified atom stereocenters. The number of pyridine rings is 1. The van der Waals surface area contributed by atoms with Gasteiger partial charge in [0.25, 0.3) is 11.8 Å². The van der Waals surface area contributed by atoms with Crippen LogP contribution >= 0.6 is 23.2 Å². The van der Waals surface area contributed by atoms with Crippen LogP contribution in [0.4, 0.5) is 36.4 Å². The van der Waals surface area contributed by atoms with Gasteiger partial charge in [0.15, 0.2) is 5.82 Å². The molecule has 1 atom stereocenters. The molecule has 250 valence electrons. The SMILES string of the molecule is Cc1cc(Cl)cc(C(=O)NC(C)C2CC2)c1NC(=O)c1cc(Cn2cc(C(F)(C(F)(F)F)C(F)(F)F)nn2)nn1-c1ncccc1Cl. The van der Waals surface area contributed by atoms with Crippen LogP contribution in [0, 0.1) is 12.8 Å². The van der Waals surface area contributed by atoms with Crippen molar-refractivity contribution in [2.45, 2.75) is 57.3 Å². The summed E-state index contributed by atoms with van der Waals surface area (Å²) in [6.07, 6.45) is -9.37. The molecular weight excluding hydrogens is 684 g/mol. The minimum absolute atomic E-state index is 0.0219. The van der Waals surface area contributed by atoms with Crippen molar-refractivity contribution in [3.63, 3.8) is 0 Å². The van der Waals surface area contributed by atoms with Crippen LogP contribution in [0.25, 0.3) is 5.82 Å². The molecule has 2 N–H and O–H groups in total. The van der Waals surface area contributed by atoms with E-state index in [1.165, 1.54) is 30.5 Å². The molecule has 1 fully saturated rings. The Morgan fingerprint density at radius 1 is 1.04 bits per heavy atom. The van der Waals surface area contributed by atoms with Gasteiger partial charge in [0.1, 0.15) is 11.4 Å². The molecule has 19 heteroatoms. The van der Waals surface area contributed by atoms with Gasteiger partial charge >= 0.3 is 18.0 Å². The van der Waals surface area contributed by atoms with E-state index in [4.69, 9.17) is 23.2 Å². The molecular formula is C28H23Cl2F7N8O2. The number of rotatable bonds is 9. The zero-order valence-electron chi connectivity index (χ0n) is 24.2. The number of nitrogens with one attached hydrogen (secondary N) is 2. The molecule has 0 aliphatic heterocycles. The van der Waals surface area contributed by atoms with Crippen LogP contribution in [0.5, 0.6) is 0 Å². The lowest BCUT2D eigenvalue weighted by Crippen LogP contribution is -2.50. The van der Waals surface area contributed by atoms with Crippen LogP contribution in [0.15, 0.2) is 42.7 Å². The molecule has 2 amide bonds. The van der Waals surface area contributed by atoms with Crippen LogP contribution in [0.1, 0.15) is 57.6 Å². The molecule has 0 spiro atoms. The van der Waals surface area contributed by atoms with E-state index in [2.05, 4.69) is 31.0 Å². The predicted molar refractivity (Wildman–Crippen MR) is 154 cm³/mol. The summed E-state index contributed by atoms with van der Waals surface area (Å²) in [7, 11) is 0. The number of carbonyl (C=O) groups is 2. The van der Waals surface area contributed by atoms with Gasteiger partial charge in [-0.25, -0.2) is 18.7 Å². The van der Waals surface area contributed by atoms with Gasteiger partial charge in [0.2, 0.25) is 0 Å². The summed E-state index contributed by atoms with van der Waals surface area (Å²) in [4.78, 5) is 31.1. The first-order valence-electron chi connectivity index (χ1n) is 13.8. The van der Waals surface area contributed by atoms with Crippen LogP contribution in [-0.4, -0.2) is 60.0 Å². The van der Waals surface area contributed by atoms with E-state index in [1.54, 1.807) is 6.92 Å². The fourth-order valence-corrected chi connectivity index (χ4v) is 5.25. The minimum atomic E-state index is -6.39. The fourth-order valence-electron chi connectivity index (χ4n) is 4.78. The Hall–Kier alpha value is -4.25. The maximum Gasteiger partial charge on any atom is 0.437 e. The van der Waals surface area contributed by atoms with Crippen molar-refractivity contribution in [2.24, 2.45) is 5.92 Å². The monoisotopic (exact) mass is 706 g/mol. The number of halogens is 9. The summed E-state index contributed by atoms with van der Waals surface area (Å²) in [5.74, 6) is -1.07. The van der Waals surface area contributed by atoms with Gasteiger partial charge < -0.3 is 10.6 Å². The second kappa shape index (κ2) is 12.4. The number of carbonyl (C=O) groups excluding carboxylic acids is 2. The van der Waals surface area contributed by atoms with Crippen LogP contribution in [0.2, 0.25) is 10.0 Å². The van der Waals surface area contributed by atoms with Gasteiger partial charge in [-0.15, -0.1) is 5.10 Å². The molecule has 1 aliphatic carbocycles. The van der Waals surface area contributed by atoms with Gasteiger partial charge in [0, 0.05) is 17.3 Å². The Bertz CT molecular complexity index is 1820. The van der Waals surface area contributed by atoms with Crippen LogP contribution < -0.4 is 10.6 Å². The van der Waals surface area contributed by atoms with E-state index in [0.29, 0.717) is 16.2 Å². The van der Waals surface area contributed by atoms with Crippen molar-refractivity contribution >= 4 is 40.7 Å². The molecule has 1 aliphatic rings. The number of hydrogen-bond donors (Lipinski definition) is 2. The third kappa shape index (κ3) is 6.76. The Labute approximate surface area is 271 Å². The standard InChI is InChI=1S/C28H23Cl2F7N8O2/c1-13-8-16(29)9-18(24(46)39-14(2)15-5-6-15)22(13)40-25(47)20-10-17(42-45(20)23-19(30)4-3-7-38-23)11-44-12-21(41-43-44)26(31,27(32,33)34)28(35,36)37/h3-4,7-10,12,14-15H,5-6,11H2,1-2H3,(H,39,46)(H,40,47). The lowest BCUT2D eigenvalue weighted by molar-refractivity contribution is -0.350.